The average molecular weight is 190 g/mol. The van der Waals surface area contributed by atoms with Crippen molar-refractivity contribution in [2.75, 3.05) is 19.8 Å². The van der Waals surface area contributed by atoms with Gasteiger partial charge in [-0.15, -0.1) is 0 Å². The van der Waals surface area contributed by atoms with Crippen molar-refractivity contribution in [3.8, 4) is 0 Å². The monoisotopic (exact) mass is 190 g/mol. The molecule has 0 rings (SSSR count). The van der Waals surface area contributed by atoms with Crippen LogP contribution >= 0.6 is 0 Å². The fraction of sp³-hybridized carbons (Fsp3) is 0.500. The Labute approximate surface area is 76.6 Å². The summed E-state index contributed by atoms with van der Waals surface area (Å²) in [6.07, 6.45) is 0.431. The molecule has 13 heavy (non-hydrogen) atoms. The number of ether oxygens (including phenoxy) is 1. The third kappa shape index (κ3) is 13.7. The van der Waals surface area contributed by atoms with Gasteiger partial charge in [-0.25, -0.2) is 4.79 Å². The normalized spacial score (nSPS) is 7.92. The molecule has 0 aliphatic heterocycles. The quantitative estimate of drug-likeness (QED) is 0.347. The minimum atomic E-state index is -0.455. The number of aliphatic hydroxyl groups excluding tert-OH is 2. The zero-order valence-corrected chi connectivity index (χ0v) is 7.52. The van der Waals surface area contributed by atoms with Crippen LogP contribution in [0.5, 0.6) is 0 Å². The third-order valence-electron chi connectivity index (χ3n) is 0.747. The maximum Gasteiger partial charge on any atom is 0.333 e. The molecular weight excluding hydrogens is 176 g/mol. The predicted molar refractivity (Wildman–Crippen MR) is 46.0 cm³/mol. The molecule has 0 atom stereocenters. The molecule has 5 heteroatoms. The summed E-state index contributed by atoms with van der Waals surface area (Å²) in [4.78, 5) is 19.4. The van der Waals surface area contributed by atoms with Crippen molar-refractivity contribution in [1.82, 2.24) is 0 Å². The van der Waals surface area contributed by atoms with Gasteiger partial charge in [0.25, 0.3) is 0 Å². The second-order valence-corrected chi connectivity index (χ2v) is 1.99. The zero-order chi connectivity index (χ0) is 10.7. The van der Waals surface area contributed by atoms with Crippen LogP contribution < -0.4 is 0 Å². The number of hydrogen-bond donors (Lipinski definition) is 2. The summed E-state index contributed by atoms with van der Waals surface area (Å²) < 4.78 is 4.46. The lowest BCUT2D eigenvalue weighted by Gasteiger charge is -1.99. The lowest BCUT2D eigenvalue weighted by Crippen LogP contribution is -2.08. The molecule has 0 heterocycles. The van der Waals surface area contributed by atoms with Crippen LogP contribution in [0.1, 0.15) is 6.92 Å². The molecule has 0 aromatic heterocycles. The van der Waals surface area contributed by atoms with Crippen molar-refractivity contribution in [1.29, 1.82) is 0 Å². The van der Waals surface area contributed by atoms with Gasteiger partial charge < -0.3 is 19.7 Å². The molecule has 0 aliphatic rings. The van der Waals surface area contributed by atoms with Crippen LogP contribution in [0.15, 0.2) is 12.2 Å². The van der Waals surface area contributed by atoms with Crippen LogP contribution in [0.3, 0.4) is 0 Å². The fourth-order valence-corrected chi connectivity index (χ4v) is 0.262. The van der Waals surface area contributed by atoms with E-state index in [4.69, 9.17) is 15.0 Å². The highest BCUT2D eigenvalue weighted by Gasteiger charge is 1.99. The molecule has 0 fully saturated rings. The first kappa shape index (κ1) is 14.3. The number of aldehydes is 1. The minimum absolute atomic E-state index is 0.0473. The van der Waals surface area contributed by atoms with Gasteiger partial charge in [-0.05, 0) is 6.92 Å². The molecule has 0 unspecified atom stereocenters. The number of rotatable bonds is 4. The third-order valence-corrected chi connectivity index (χ3v) is 0.747. The smallest absolute Gasteiger partial charge is 0.333 e. The maximum absolute atomic E-state index is 10.5. The van der Waals surface area contributed by atoms with Crippen molar-refractivity contribution < 1.29 is 24.5 Å². The second kappa shape index (κ2) is 10.8. The van der Waals surface area contributed by atoms with E-state index in [2.05, 4.69) is 11.3 Å². The van der Waals surface area contributed by atoms with Gasteiger partial charge in [0.2, 0.25) is 0 Å². The van der Waals surface area contributed by atoms with Crippen molar-refractivity contribution in [2.24, 2.45) is 0 Å². The fourth-order valence-electron chi connectivity index (χ4n) is 0.262. The lowest BCUT2D eigenvalue weighted by molar-refractivity contribution is -0.139. The Balaban J connectivity index is 0. The van der Waals surface area contributed by atoms with Gasteiger partial charge >= 0.3 is 5.97 Å². The Morgan fingerprint density at radius 3 is 2.23 bits per heavy atom. The first-order chi connectivity index (χ1) is 6.09. The zero-order valence-electron chi connectivity index (χ0n) is 7.52. The number of carbonyl (C=O) groups is 2. The molecule has 0 spiro atoms. The summed E-state index contributed by atoms with van der Waals surface area (Å²) in [7, 11) is 0. The molecule has 0 amide bonds. The van der Waals surface area contributed by atoms with Crippen molar-refractivity contribution in [3.63, 3.8) is 0 Å². The number of carbonyl (C=O) groups excluding carboxylic acids is 2. The minimum Gasteiger partial charge on any atom is -0.460 e. The molecule has 0 aliphatic carbocycles. The van der Waals surface area contributed by atoms with E-state index in [0.29, 0.717) is 11.9 Å². The molecule has 0 bridgehead atoms. The standard InChI is InChI=1S/C6H10O3.C2H4O2/c1-5(2)6(8)9-4-3-7;3-1-2-4/h7H,1,3-4H2,2H3;1,4H,2H2. The Morgan fingerprint density at radius 2 is 2.00 bits per heavy atom. The van der Waals surface area contributed by atoms with Gasteiger partial charge in [0, 0.05) is 5.57 Å². The molecule has 0 aromatic rings. The topological polar surface area (TPSA) is 83.8 Å². The average Bonchev–Trinajstić information content (AvgIpc) is 2.14. The van der Waals surface area contributed by atoms with Crippen molar-refractivity contribution >= 4 is 12.3 Å². The predicted octanol–water partition coefficient (Wildman–Crippen LogP) is -0.724. The van der Waals surface area contributed by atoms with Gasteiger partial charge in [0.05, 0.1) is 13.2 Å². The second-order valence-electron chi connectivity index (χ2n) is 1.99. The van der Waals surface area contributed by atoms with Crippen LogP contribution in [-0.4, -0.2) is 42.3 Å². The number of aliphatic hydroxyl groups is 2. The Hall–Kier alpha value is -1.20. The van der Waals surface area contributed by atoms with Crippen LogP contribution in [0.25, 0.3) is 0 Å². The number of esters is 1. The summed E-state index contributed by atoms with van der Waals surface area (Å²) in [5.74, 6) is -0.455. The lowest BCUT2D eigenvalue weighted by atomic mass is 10.4. The summed E-state index contributed by atoms with van der Waals surface area (Å²) in [5, 5.41) is 15.7. The molecule has 2 N–H and O–H groups in total. The summed E-state index contributed by atoms with van der Waals surface area (Å²) in [6.45, 7) is 4.45. The highest BCUT2D eigenvalue weighted by atomic mass is 16.5. The molecule has 0 saturated carbocycles. The van der Waals surface area contributed by atoms with E-state index in [9.17, 15) is 4.79 Å². The Bertz CT molecular complexity index is 164. The van der Waals surface area contributed by atoms with Crippen molar-refractivity contribution in [3.05, 3.63) is 12.2 Å². The molecule has 0 aromatic carbocycles. The molecule has 0 saturated heterocycles. The van der Waals surface area contributed by atoms with E-state index in [1.165, 1.54) is 0 Å². The van der Waals surface area contributed by atoms with E-state index >= 15 is 0 Å². The largest absolute Gasteiger partial charge is 0.460 e. The summed E-state index contributed by atoms with van der Waals surface area (Å²) in [6, 6.07) is 0. The molecule has 76 valence electrons. The van der Waals surface area contributed by atoms with Crippen LogP contribution in [-0.2, 0) is 14.3 Å². The van der Waals surface area contributed by atoms with Gasteiger partial charge in [0.15, 0.2) is 0 Å². The summed E-state index contributed by atoms with van der Waals surface area (Å²) in [5.41, 5.74) is 0.350. The highest BCUT2D eigenvalue weighted by molar-refractivity contribution is 5.86. The summed E-state index contributed by atoms with van der Waals surface area (Å²) >= 11 is 0. The SMILES string of the molecule is C=C(C)C(=O)OCCO.O=CCO. The van der Waals surface area contributed by atoms with E-state index in [0.717, 1.165) is 0 Å². The van der Waals surface area contributed by atoms with E-state index in [1.54, 1.807) is 6.92 Å². The first-order valence-electron chi connectivity index (χ1n) is 3.58. The van der Waals surface area contributed by atoms with E-state index in [1.807, 2.05) is 0 Å². The molecular formula is C8H14O5. The molecule has 5 nitrogen and oxygen atoms in total. The first-order valence-corrected chi connectivity index (χ1v) is 3.58. The Morgan fingerprint density at radius 1 is 1.54 bits per heavy atom. The van der Waals surface area contributed by atoms with Gasteiger partial charge in [-0.1, -0.05) is 6.58 Å². The molecule has 0 radical (unpaired) electrons. The maximum atomic E-state index is 10.5. The van der Waals surface area contributed by atoms with Crippen LogP contribution in [0, 0.1) is 0 Å². The van der Waals surface area contributed by atoms with Gasteiger partial charge in [-0.3, -0.25) is 0 Å². The van der Waals surface area contributed by atoms with E-state index < -0.39 is 5.97 Å². The van der Waals surface area contributed by atoms with Gasteiger partial charge in [-0.2, -0.15) is 0 Å². The van der Waals surface area contributed by atoms with Crippen LogP contribution in [0.2, 0.25) is 0 Å². The highest BCUT2D eigenvalue weighted by Crippen LogP contribution is 1.89. The van der Waals surface area contributed by atoms with Crippen LogP contribution in [0.4, 0.5) is 0 Å². The Kier molecular flexibility index (Phi) is 11.9. The van der Waals surface area contributed by atoms with Crippen molar-refractivity contribution in [2.45, 2.75) is 6.92 Å². The van der Waals surface area contributed by atoms with E-state index in [-0.39, 0.29) is 19.8 Å². The number of hydrogen-bond acceptors (Lipinski definition) is 5. The van der Waals surface area contributed by atoms with Gasteiger partial charge in [0.1, 0.15) is 12.9 Å².